The van der Waals surface area contributed by atoms with Gasteiger partial charge in [-0.3, -0.25) is 9.69 Å². The van der Waals surface area contributed by atoms with Crippen LogP contribution in [0.25, 0.3) is 0 Å². The maximum absolute atomic E-state index is 12.5. The fraction of sp³-hybridized carbons (Fsp3) is 0.500. The largest absolute Gasteiger partial charge is 0.465 e. The first-order valence-corrected chi connectivity index (χ1v) is 7.67. The summed E-state index contributed by atoms with van der Waals surface area (Å²) in [6, 6.07) is 4.02. The Kier molecular flexibility index (Phi) is 4.29. The lowest BCUT2D eigenvalue weighted by molar-refractivity contribution is 0.0751. The maximum Gasteiger partial charge on any atom is 0.272 e. The Morgan fingerprint density at radius 1 is 1.27 bits per heavy atom. The lowest BCUT2D eigenvalue weighted by Crippen LogP contribution is -2.35. The van der Waals surface area contributed by atoms with Crippen molar-refractivity contribution in [1.82, 2.24) is 19.4 Å². The van der Waals surface area contributed by atoms with Crippen LogP contribution in [0.5, 0.6) is 0 Å². The first-order valence-electron chi connectivity index (χ1n) is 7.67. The third-order valence-corrected chi connectivity index (χ3v) is 4.09. The summed E-state index contributed by atoms with van der Waals surface area (Å²) in [5.41, 5.74) is 0.648. The van der Waals surface area contributed by atoms with Crippen LogP contribution in [0.2, 0.25) is 0 Å². The molecule has 0 spiro atoms. The van der Waals surface area contributed by atoms with Crippen molar-refractivity contribution < 1.29 is 9.21 Å². The Labute approximate surface area is 130 Å². The number of nitrogens with zero attached hydrogens (tertiary/aromatic N) is 4. The lowest BCUT2D eigenvalue weighted by Gasteiger charge is -2.21. The van der Waals surface area contributed by atoms with Crippen molar-refractivity contribution in [2.75, 3.05) is 26.2 Å². The van der Waals surface area contributed by atoms with Crippen LogP contribution >= 0.6 is 0 Å². The zero-order chi connectivity index (χ0) is 15.5. The Morgan fingerprint density at radius 3 is 2.82 bits per heavy atom. The van der Waals surface area contributed by atoms with E-state index >= 15 is 0 Å². The predicted octanol–water partition coefficient (Wildman–Crippen LogP) is 1.67. The minimum absolute atomic E-state index is 0.0655. The van der Waals surface area contributed by atoms with E-state index in [0.29, 0.717) is 5.69 Å². The molecule has 0 unspecified atom stereocenters. The zero-order valence-corrected chi connectivity index (χ0v) is 13.2. The molecule has 1 amide bonds. The van der Waals surface area contributed by atoms with Crippen molar-refractivity contribution in [2.24, 2.45) is 7.05 Å². The first kappa shape index (κ1) is 14.8. The summed E-state index contributed by atoms with van der Waals surface area (Å²) >= 11 is 0. The van der Waals surface area contributed by atoms with Gasteiger partial charge in [-0.2, -0.15) is 0 Å². The van der Waals surface area contributed by atoms with Gasteiger partial charge in [-0.25, -0.2) is 4.98 Å². The maximum atomic E-state index is 12.5. The number of aromatic nitrogens is 2. The Balaban J connectivity index is 1.60. The summed E-state index contributed by atoms with van der Waals surface area (Å²) in [5.74, 6) is 2.00. The van der Waals surface area contributed by atoms with E-state index in [2.05, 4.69) is 9.88 Å². The second-order valence-electron chi connectivity index (χ2n) is 5.82. The van der Waals surface area contributed by atoms with E-state index in [4.69, 9.17) is 4.42 Å². The van der Waals surface area contributed by atoms with Crippen LogP contribution in [0, 0.1) is 6.92 Å². The summed E-state index contributed by atoms with van der Waals surface area (Å²) in [4.78, 5) is 20.8. The fourth-order valence-electron chi connectivity index (χ4n) is 2.85. The van der Waals surface area contributed by atoms with Gasteiger partial charge in [-0.1, -0.05) is 0 Å². The van der Waals surface area contributed by atoms with Gasteiger partial charge >= 0.3 is 0 Å². The number of carbonyl (C=O) groups excluding carboxylic acids is 1. The molecule has 2 aromatic heterocycles. The van der Waals surface area contributed by atoms with Gasteiger partial charge in [-0.15, -0.1) is 0 Å². The summed E-state index contributed by atoms with van der Waals surface area (Å²) in [6.07, 6.45) is 4.27. The molecule has 2 aromatic rings. The van der Waals surface area contributed by atoms with Crippen molar-refractivity contribution in [1.29, 1.82) is 0 Å². The van der Waals surface area contributed by atoms with E-state index in [1.54, 1.807) is 17.1 Å². The molecule has 0 N–H and O–H groups in total. The van der Waals surface area contributed by atoms with Crippen LogP contribution in [0.4, 0.5) is 0 Å². The van der Waals surface area contributed by atoms with Gasteiger partial charge in [0.05, 0.1) is 19.1 Å². The standard InChI is InChI=1S/C16H22N4O2/c1-13-4-5-14(22-13)11-19-6-3-7-20(9-8-19)16(21)15-10-17-12-18(15)2/h4-5,10,12H,3,6-9,11H2,1-2H3. The zero-order valence-electron chi connectivity index (χ0n) is 13.2. The topological polar surface area (TPSA) is 54.5 Å². The van der Waals surface area contributed by atoms with Gasteiger partial charge < -0.3 is 13.9 Å². The van der Waals surface area contributed by atoms with Crippen molar-refractivity contribution in [3.05, 3.63) is 41.9 Å². The summed E-state index contributed by atoms with van der Waals surface area (Å²) in [6.45, 7) is 6.14. The van der Waals surface area contributed by atoms with E-state index in [1.165, 1.54) is 0 Å². The third kappa shape index (κ3) is 3.22. The van der Waals surface area contributed by atoms with E-state index in [-0.39, 0.29) is 5.91 Å². The quantitative estimate of drug-likeness (QED) is 0.865. The highest BCUT2D eigenvalue weighted by Gasteiger charge is 2.22. The van der Waals surface area contributed by atoms with Crippen LogP contribution < -0.4 is 0 Å². The monoisotopic (exact) mass is 302 g/mol. The number of hydrogen-bond acceptors (Lipinski definition) is 4. The predicted molar refractivity (Wildman–Crippen MR) is 82.5 cm³/mol. The Bertz CT molecular complexity index is 646. The molecule has 1 saturated heterocycles. The molecular weight excluding hydrogens is 280 g/mol. The minimum atomic E-state index is 0.0655. The highest BCUT2D eigenvalue weighted by atomic mass is 16.3. The summed E-state index contributed by atoms with van der Waals surface area (Å²) in [7, 11) is 1.85. The Hall–Kier alpha value is -2.08. The number of furan rings is 1. The molecule has 0 aromatic carbocycles. The van der Waals surface area contributed by atoms with Crippen molar-refractivity contribution in [3.63, 3.8) is 0 Å². The van der Waals surface area contributed by atoms with Gasteiger partial charge in [0.2, 0.25) is 0 Å². The van der Waals surface area contributed by atoms with E-state index in [1.807, 2.05) is 31.0 Å². The molecule has 0 bridgehead atoms. The Morgan fingerprint density at radius 2 is 2.14 bits per heavy atom. The number of carbonyl (C=O) groups is 1. The molecule has 3 heterocycles. The molecule has 0 radical (unpaired) electrons. The summed E-state index contributed by atoms with van der Waals surface area (Å²) < 4.78 is 7.42. The van der Waals surface area contributed by atoms with Crippen LogP contribution in [0.15, 0.2) is 29.1 Å². The van der Waals surface area contributed by atoms with E-state index < -0.39 is 0 Å². The second-order valence-corrected chi connectivity index (χ2v) is 5.82. The molecular formula is C16H22N4O2. The molecule has 22 heavy (non-hydrogen) atoms. The number of imidazole rings is 1. The van der Waals surface area contributed by atoms with E-state index in [9.17, 15) is 4.79 Å². The SMILES string of the molecule is Cc1ccc(CN2CCCN(C(=O)c3cncn3C)CC2)o1. The molecule has 1 aliphatic heterocycles. The molecule has 0 aliphatic carbocycles. The number of amides is 1. The van der Waals surface area contributed by atoms with Gasteiger partial charge in [-0.05, 0) is 25.5 Å². The van der Waals surface area contributed by atoms with Gasteiger partial charge in [0.15, 0.2) is 0 Å². The van der Waals surface area contributed by atoms with Crippen molar-refractivity contribution in [3.8, 4) is 0 Å². The van der Waals surface area contributed by atoms with E-state index in [0.717, 1.165) is 50.7 Å². The number of hydrogen-bond donors (Lipinski definition) is 0. The lowest BCUT2D eigenvalue weighted by atomic mass is 10.3. The smallest absolute Gasteiger partial charge is 0.272 e. The summed E-state index contributed by atoms with van der Waals surface area (Å²) in [5, 5.41) is 0. The molecule has 3 rings (SSSR count). The molecule has 6 heteroatoms. The number of rotatable bonds is 3. The van der Waals surface area contributed by atoms with Crippen LogP contribution in [-0.2, 0) is 13.6 Å². The minimum Gasteiger partial charge on any atom is -0.465 e. The molecule has 118 valence electrons. The van der Waals surface area contributed by atoms with Gasteiger partial charge in [0, 0.05) is 33.2 Å². The normalized spacial score (nSPS) is 16.7. The second kappa shape index (κ2) is 6.36. The fourth-order valence-corrected chi connectivity index (χ4v) is 2.85. The van der Waals surface area contributed by atoms with Crippen LogP contribution in [-0.4, -0.2) is 51.4 Å². The number of aryl methyl sites for hydroxylation is 2. The molecule has 1 fully saturated rings. The molecule has 1 aliphatic rings. The first-order chi connectivity index (χ1) is 10.6. The van der Waals surface area contributed by atoms with Crippen molar-refractivity contribution in [2.45, 2.75) is 19.9 Å². The van der Waals surface area contributed by atoms with Gasteiger partial charge in [0.25, 0.3) is 5.91 Å². The van der Waals surface area contributed by atoms with Gasteiger partial charge in [0.1, 0.15) is 17.2 Å². The molecule has 0 atom stereocenters. The highest BCUT2D eigenvalue weighted by Crippen LogP contribution is 2.13. The van der Waals surface area contributed by atoms with Crippen LogP contribution in [0.1, 0.15) is 28.4 Å². The third-order valence-electron chi connectivity index (χ3n) is 4.09. The molecule has 6 nitrogen and oxygen atoms in total. The highest BCUT2D eigenvalue weighted by molar-refractivity contribution is 5.92. The van der Waals surface area contributed by atoms with Crippen molar-refractivity contribution >= 4 is 5.91 Å². The molecule has 0 saturated carbocycles. The average Bonchev–Trinajstić information content (AvgIpc) is 3.02. The van der Waals surface area contributed by atoms with Crippen LogP contribution in [0.3, 0.4) is 0 Å². The average molecular weight is 302 g/mol.